The first-order valence-electron chi connectivity index (χ1n) is 4.63. The Morgan fingerprint density at radius 1 is 1.36 bits per heavy atom. The summed E-state index contributed by atoms with van der Waals surface area (Å²) in [4.78, 5) is 0. The van der Waals surface area contributed by atoms with E-state index in [4.69, 9.17) is 0 Å². The highest BCUT2D eigenvalue weighted by Crippen LogP contribution is 2.23. The van der Waals surface area contributed by atoms with Crippen LogP contribution in [0.4, 0.5) is 0 Å². The molecule has 1 aliphatic heterocycles. The molecule has 0 saturated carbocycles. The van der Waals surface area contributed by atoms with Crippen molar-refractivity contribution >= 4 is 0 Å². The lowest BCUT2D eigenvalue weighted by molar-refractivity contribution is 0.190. The van der Waals surface area contributed by atoms with Gasteiger partial charge in [-0.1, -0.05) is 20.3 Å². The summed E-state index contributed by atoms with van der Waals surface area (Å²) >= 11 is 0. The van der Waals surface area contributed by atoms with Crippen molar-refractivity contribution in [1.29, 1.82) is 0 Å². The van der Waals surface area contributed by atoms with Gasteiger partial charge in [-0.05, 0) is 18.8 Å². The third kappa shape index (κ3) is 2.46. The third-order valence-electron chi connectivity index (χ3n) is 2.52. The normalized spacial score (nSPS) is 39.0. The zero-order chi connectivity index (χ0) is 8.32. The summed E-state index contributed by atoms with van der Waals surface area (Å²) in [5, 5.41) is 6.89. The van der Waals surface area contributed by atoms with Crippen LogP contribution in [0.5, 0.6) is 0 Å². The fourth-order valence-corrected chi connectivity index (χ4v) is 1.71. The molecule has 0 aliphatic carbocycles. The molecule has 1 saturated heterocycles. The van der Waals surface area contributed by atoms with Crippen LogP contribution in [0.3, 0.4) is 0 Å². The molecule has 0 radical (unpaired) electrons. The van der Waals surface area contributed by atoms with Gasteiger partial charge in [-0.3, -0.25) is 0 Å². The topological polar surface area (TPSA) is 24.1 Å². The summed E-state index contributed by atoms with van der Waals surface area (Å²) in [6, 6.07) is 0. The van der Waals surface area contributed by atoms with Crippen molar-refractivity contribution < 1.29 is 0 Å². The average molecular weight is 156 g/mol. The van der Waals surface area contributed by atoms with E-state index in [9.17, 15) is 0 Å². The van der Waals surface area contributed by atoms with Crippen molar-refractivity contribution in [2.24, 2.45) is 5.41 Å². The van der Waals surface area contributed by atoms with Gasteiger partial charge in [-0.15, -0.1) is 0 Å². The van der Waals surface area contributed by atoms with Gasteiger partial charge in [0.2, 0.25) is 0 Å². The number of hydrogen-bond donors (Lipinski definition) is 2. The van der Waals surface area contributed by atoms with Crippen LogP contribution in [0.25, 0.3) is 0 Å². The van der Waals surface area contributed by atoms with Crippen LogP contribution in [0.1, 0.15) is 33.6 Å². The first-order valence-corrected chi connectivity index (χ1v) is 4.63. The minimum Gasteiger partial charge on any atom is -0.302 e. The maximum Gasteiger partial charge on any atom is 0.0542 e. The van der Waals surface area contributed by atoms with E-state index in [1.807, 2.05) is 0 Å². The quantitative estimate of drug-likeness (QED) is 0.630. The van der Waals surface area contributed by atoms with Gasteiger partial charge >= 0.3 is 0 Å². The van der Waals surface area contributed by atoms with E-state index in [0.29, 0.717) is 11.6 Å². The number of rotatable bonds is 2. The SMILES string of the molecule is CCCC1(C)CNC(C)NC1. The average Bonchev–Trinajstić information content (AvgIpc) is 1.97. The second-order valence-electron chi connectivity index (χ2n) is 4.04. The fraction of sp³-hybridized carbons (Fsp3) is 1.00. The van der Waals surface area contributed by atoms with Crippen LogP contribution >= 0.6 is 0 Å². The molecule has 1 fully saturated rings. The minimum absolute atomic E-state index is 0.487. The number of hydrogen-bond acceptors (Lipinski definition) is 2. The first kappa shape index (κ1) is 9.01. The molecule has 0 aromatic carbocycles. The van der Waals surface area contributed by atoms with E-state index in [-0.39, 0.29) is 0 Å². The van der Waals surface area contributed by atoms with Crippen molar-refractivity contribution in [2.75, 3.05) is 13.1 Å². The van der Waals surface area contributed by atoms with E-state index >= 15 is 0 Å². The fourth-order valence-electron chi connectivity index (χ4n) is 1.71. The van der Waals surface area contributed by atoms with Crippen LogP contribution in [0, 0.1) is 5.41 Å². The highest BCUT2D eigenvalue weighted by Gasteiger charge is 2.27. The van der Waals surface area contributed by atoms with Crippen molar-refractivity contribution in [2.45, 2.75) is 39.8 Å². The van der Waals surface area contributed by atoms with E-state index in [1.54, 1.807) is 0 Å². The molecular formula is C9H20N2. The highest BCUT2D eigenvalue weighted by atomic mass is 15.2. The minimum atomic E-state index is 0.487. The van der Waals surface area contributed by atoms with Gasteiger partial charge in [0.1, 0.15) is 0 Å². The van der Waals surface area contributed by atoms with Crippen molar-refractivity contribution in [3.05, 3.63) is 0 Å². The highest BCUT2D eigenvalue weighted by molar-refractivity contribution is 4.84. The second kappa shape index (κ2) is 3.55. The second-order valence-corrected chi connectivity index (χ2v) is 4.04. The molecule has 2 N–H and O–H groups in total. The Bertz CT molecular complexity index is 115. The molecular weight excluding hydrogens is 136 g/mol. The predicted molar refractivity (Wildman–Crippen MR) is 48.5 cm³/mol. The van der Waals surface area contributed by atoms with Crippen molar-refractivity contribution in [1.82, 2.24) is 10.6 Å². The Hall–Kier alpha value is -0.0800. The summed E-state index contributed by atoms with van der Waals surface area (Å²) < 4.78 is 0. The van der Waals surface area contributed by atoms with Gasteiger partial charge in [-0.2, -0.15) is 0 Å². The molecule has 11 heavy (non-hydrogen) atoms. The standard InChI is InChI=1S/C9H20N2/c1-4-5-9(3)6-10-8(2)11-7-9/h8,10-11H,4-7H2,1-3H3. The van der Waals surface area contributed by atoms with Gasteiger partial charge in [-0.25, -0.2) is 0 Å². The molecule has 2 heteroatoms. The van der Waals surface area contributed by atoms with Crippen LogP contribution < -0.4 is 10.6 Å². The molecule has 1 heterocycles. The maximum atomic E-state index is 3.45. The van der Waals surface area contributed by atoms with Gasteiger partial charge < -0.3 is 10.6 Å². The molecule has 0 amide bonds. The molecule has 0 aromatic rings. The first-order chi connectivity index (χ1) is 5.16. The largest absolute Gasteiger partial charge is 0.302 e. The van der Waals surface area contributed by atoms with Gasteiger partial charge in [0.25, 0.3) is 0 Å². The summed E-state index contributed by atoms with van der Waals surface area (Å²) in [5.74, 6) is 0. The van der Waals surface area contributed by atoms with E-state index in [0.717, 1.165) is 13.1 Å². The molecule has 1 rings (SSSR count). The Balaban J connectivity index is 2.35. The van der Waals surface area contributed by atoms with Gasteiger partial charge in [0.05, 0.1) is 6.17 Å². The lowest BCUT2D eigenvalue weighted by atomic mass is 9.84. The zero-order valence-electron chi connectivity index (χ0n) is 7.91. The zero-order valence-corrected chi connectivity index (χ0v) is 7.91. The molecule has 1 aliphatic rings. The third-order valence-corrected chi connectivity index (χ3v) is 2.52. The lowest BCUT2D eigenvalue weighted by Gasteiger charge is -2.37. The smallest absolute Gasteiger partial charge is 0.0542 e. The molecule has 66 valence electrons. The van der Waals surface area contributed by atoms with E-state index in [2.05, 4.69) is 31.4 Å². The van der Waals surface area contributed by atoms with Crippen LogP contribution in [0.15, 0.2) is 0 Å². The predicted octanol–water partition coefficient (Wildman–Crippen LogP) is 1.33. The molecule has 0 aromatic heterocycles. The van der Waals surface area contributed by atoms with Crippen LogP contribution in [0.2, 0.25) is 0 Å². The molecule has 0 atom stereocenters. The Labute approximate surface area is 69.8 Å². The van der Waals surface area contributed by atoms with Crippen LogP contribution in [-0.4, -0.2) is 19.3 Å². The van der Waals surface area contributed by atoms with Crippen LogP contribution in [-0.2, 0) is 0 Å². The molecule has 0 spiro atoms. The summed E-state index contributed by atoms with van der Waals surface area (Å²) in [7, 11) is 0. The van der Waals surface area contributed by atoms with E-state index in [1.165, 1.54) is 12.8 Å². The molecule has 2 nitrogen and oxygen atoms in total. The summed E-state index contributed by atoms with van der Waals surface area (Å²) in [5.41, 5.74) is 0.487. The summed E-state index contributed by atoms with van der Waals surface area (Å²) in [6.45, 7) is 9.10. The van der Waals surface area contributed by atoms with Crippen molar-refractivity contribution in [3.8, 4) is 0 Å². The Morgan fingerprint density at radius 2 is 1.91 bits per heavy atom. The van der Waals surface area contributed by atoms with Gasteiger partial charge in [0.15, 0.2) is 0 Å². The lowest BCUT2D eigenvalue weighted by Crippen LogP contribution is -2.55. The van der Waals surface area contributed by atoms with Crippen molar-refractivity contribution in [3.63, 3.8) is 0 Å². The number of nitrogens with one attached hydrogen (secondary N) is 2. The monoisotopic (exact) mass is 156 g/mol. The van der Waals surface area contributed by atoms with E-state index < -0.39 is 0 Å². The van der Waals surface area contributed by atoms with Gasteiger partial charge in [0, 0.05) is 13.1 Å². The summed E-state index contributed by atoms with van der Waals surface area (Å²) in [6.07, 6.45) is 3.11. The Morgan fingerprint density at radius 3 is 2.36 bits per heavy atom. The maximum absolute atomic E-state index is 3.45. The Kier molecular flexibility index (Phi) is 2.90. The molecule has 0 unspecified atom stereocenters. The molecule has 0 bridgehead atoms.